The van der Waals surface area contributed by atoms with Crippen LogP contribution in [-0.2, 0) is 11.2 Å². The van der Waals surface area contributed by atoms with Crippen molar-refractivity contribution in [2.75, 3.05) is 6.61 Å². The summed E-state index contributed by atoms with van der Waals surface area (Å²) in [6.07, 6.45) is 1.61. The van der Waals surface area contributed by atoms with Gasteiger partial charge < -0.3 is 4.74 Å². The molecule has 0 unspecified atom stereocenters. The van der Waals surface area contributed by atoms with E-state index in [1.807, 2.05) is 6.07 Å². The predicted molar refractivity (Wildman–Crippen MR) is 79.7 cm³/mol. The molecule has 21 heavy (non-hydrogen) atoms. The molecule has 0 radical (unpaired) electrons. The van der Waals surface area contributed by atoms with Crippen molar-refractivity contribution in [3.63, 3.8) is 0 Å². The molecule has 0 aliphatic rings. The zero-order chi connectivity index (χ0) is 15.2. The number of nitrogens with zero attached hydrogens (tertiary/aromatic N) is 1. The van der Waals surface area contributed by atoms with Crippen molar-refractivity contribution in [3.05, 3.63) is 64.4 Å². The SMILES string of the molecule is CCOC(=O)c1ccnc(C(=O)Cc2cccc(Cl)c2)c1. The number of Topliss-reactive ketones (excluding diaryl/α,β-unsaturated/α-hetero) is 1. The minimum absolute atomic E-state index is 0.177. The summed E-state index contributed by atoms with van der Waals surface area (Å²) in [6, 6.07) is 10.1. The highest BCUT2D eigenvalue weighted by molar-refractivity contribution is 6.30. The second kappa shape index (κ2) is 6.99. The molecular formula is C16H14ClNO3. The molecule has 5 heteroatoms. The van der Waals surface area contributed by atoms with Crippen LogP contribution in [0.5, 0.6) is 0 Å². The Morgan fingerprint density at radius 2 is 2.05 bits per heavy atom. The molecular weight excluding hydrogens is 290 g/mol. The second-order valence-corrected chi connectivity index (χ2v) is 4.82. The predicted octanol–water partition coefficient (Wildman–Crippen LogP) is 3.34. The third-order valence-electron chi connectivity index (χ3n) is 2.81. The van der Waals surface area contributed by atoms with Crippen molar-refractivity contribution in [2.45, 2.75) is 13.3 Å². The normalized spacial score (nSPS) is 10.2. The Morgan fingerprint density at radius 1 is 1.24 bits per heavy atom. The van der Waals surface area contributed by atoms with E-state index in [1.165, 1.54) is 18.3 Å². The Morgan fingerprint density at radius 3 is 2.76 bits per heavy atom. The lowest BCUT2D eigenvalue weighted by atomic mass is 10.1. The first-order valence-corrected chi connectivity index (χ1v) is 6.88. The van der Waals surface area contributed by atoms with Crippen LogP contribution >= 0.6 is 11.6 Å². The van der Waals surface area contributed by atoms with Gasteiger partial charge in [-0.05, 0) is 36.8 Å². The third kappa shape index (κ3) is 4.13. The number of carbonyl (C=O) groups excluding carboxylic acids is 2. The monoisotopic (exact) mass is 303 g/mol. The van der Waals surface area contributed by atoms with Crippen LogP contribution < -0.4 is 0 Å². The molecule has 2 rings (SSSR count). The van der Waals surface area contributed by atoms with E-state index in [0.29, 0.717) is 10.6 Å². The Bertz CT molecular complexity index is 670. The smallest absolute Gasteiger partial charge is 0.338 e. The molecule has 2 aromatic rings. The van der Waals surface area contributed by atoms with Crippen LogP contribution in [0.4, 0.5) is 0 Å². The average molecular weight is 304 g/mol. The number of halogens is 1. The fraction of sp³-hybridized carbons (Fsp3) is 0.188. The van der Waals surface area contributed by atoms with E-state index in [1.54, 1.807) is 25.1 Å². The van der Waals surface area contributed by atoms with E-state index in [-0.39, 0.29) is 24.5 Å². The summed E-state index contributed by atoms with van der Waals surface area (Å²) in [5.74, 6) is -0.639. The van der Waals surface area contributed by atoms with Crippen molar-refractivity contribution in [1.82, 2.24) is 4.98 Å². The summed E-state index contributed by atoms with van der Waals surface area (Å²) in [6.45, 7) is 2.01. The minimum atomic E-state index is -0.461. The van der Waals surface area contributed by atoms with Gasteiger partial charge >= 0.3 is 5.97 Å². The lowest BCUT2D eigenvalue weighted by Crippen LogP contribution is -2.10. The van der Waals surface area contributed by atoms with Crippen LogP contribution in [0.2, 0.25) is 5.02 Å². The third-order valence-corrected chi connectivity index (χ3v) is 3.05. The van der Waals surface area contributed by atoms with Crippen molar-refractivity contribution in [1.29, 1.82) is 0 Å². The molecule has 4 nitrogen and oxygen atoms in total. The largest absolute Gasteiger partial charge is 0.462 e. The van der Waals surface area contributed by atoms with Crippen LogP contribution in [-0.4, -0.2) is 23.3 Å². The van der Waals surface area contributed by atoms with Crippen LogP contribution in [0.3, 0.4) is 0 Å². The fourth-order valence-corrected chi connectivity index (χ4v) is 2.06. The zero-order valence-corrected chi connectivity index (χ0v) is 12.3. The zero-order valence-electron chi connectivity index (χ0n) is 11.5. The molecule has 0 spiro atoms. The summed E-state index contributed by atoms with van der Waals surface area (Å²) >= 11 is 5.89. The van der Waals surface area contributed by atoms with Gasteiger partial charge in [-0.1, -0.05) is 23.7 Å². The summed E-state index contributed by atoms with van der Waals surface area (Å²) in [5.41, 5.74) is 1.36. The van der Waals surface area contributed by atoms with E-state index in [2.05, 4.69) is 4.98 Å². The Hall–Kier alpha value is -2.20. The minimum Gasteiger partial charge on any atom is -0.462 e. The maximum absolute atomic E-state index is 12.2. The highest BCUT2D eigenvalue weighted by Crippen LogP contribution is 2.13. The average Bonchev–Trinajstić information content (AvgIpc) is 2.47. The number of ketones is 1. The maximum Gasteiger partial charge on any atom is 0.338 e. The van der Waals surface area contributed by atoms with Crippen molar-refractivity contribution < 1.29 is 14.3 Å². The molecule has 0 aliphatic heterocycles. The molecule has 1 aromatic heterocycles. The summed E-state index contributed by atoms with van der Waals surface area (Å²) in [4.78, 5) is 27.9. The number of esters is 1. The summed E-state index contributed by atoms with van der Waals surface area (Å²) in [5, 5.41) is 0.577. The quantitative estimate of drug-likeness (QED) is 0.628. The van der Waals surface area contributed by atoms with E-state index in [0.717, 1.165) is 5.56 Å². The van der Waals surface area contributed by atoms with Gasteiger partial charge in [-0.25, -0.2) is 4.79 Å². The number of benzene rings is 1. The highest BCUT2D eigenvalue weighted by atomic mass is 35.5. The van der Waals surface area contributed by atoms with Gasteiger partial charge in [0.25, 0.3) is 0 Å². The Kier molecular flexibility index (Phi) is 5.06. The van der Waals surface area contributed by atoms with Gasteiger partial charge in [0.2, 0.25) is 0 Å². The van der Waals surface area contributed by atoms with Gasteiger partial charge in [-0.3, -0.25) is 9.78 Å². The Balaban J connectivity index is 2.16. The van der Waals surface area contributed by atoms with Crippen LogP contribution in [0.25, 0.3) is 0 Å². The van der Waals surface area contributed by atoms with Gasteiger partial charge in [-0.15, -0.1) is 0 Å². The number of pyridine rings is 1. The lowest BCUT2D eigenvalue weighted by molar-refractivity contribution is 0.0526. The molecule has 108 valence electrons. The summed E-state index contributed by atoms with van der Waals surface area (Å²) < 4.78 is 4.90. The van der Waals surface area contributed by atoms with Gasteiger partial charge in [-0.2, -0.15) is 0 Å². The van der Waals surface area contributed by atoms with Gasteiger partial charge in [0.1, 0.15) is 5.69 Å². The first kappa shape index (κ1) is 15.2. The Labute approximate surface area is 127 Å². The molecule has 0 atom stereocenters. The van der Waals surface area contributed by atoms with Gasteiger partial charge in [0.15, 0.2) is 5.78 Å². The number of carbonyl (C=O) groups is 2. The van der Waals surface area contributed by atoms with E-state index >= 15 is 0 Å². The molecule has 0 saturated heterocycles. The number of hydrogen-bond donors (Lipinski definition) is 0. The van der Waals surface area contributed by atoms with Gasteiger partial charge in [0, 0.05) is 17.6 Å². The number of hydrogen-bond acceptors (Lipinski definition) is 4. The van der Waals surface area contributed by atoms with Crippen LogP contribution in [0, 0.1) is 0 Å². The van der Waals surface area contributed by atoms with Crippen molar-refractivity contribution in [3.8, 4) is 0 Å². The van der Waals surface area contributed by atoms with Crippen molar-refractivity contribution >= 4 is 23.4 Å². The molecule has 1 heterocycles. The fourth-order valence-electron chi connectivity index (χ4n) is 1.85. The molecule has 0 amide bonds. The first-order chi connectivity index (χ1) is 10.1. The summed E-state index contributed by atoms with van der Waals surface area (Å²) in [7, 11) is 0. The van der Waals surface area contributed by atoms with E-state index in [4.69, 9.17) is 16.3 Å². The van der Waals surface area contributed by atoms with E-state index in [9.17, 15) is 9.59 Å². The van der Waals surface area contributed by atoms with E-state index < -0.39 is 5.97 Å². The number of ether oxygens (including phenoxy) is 1. The molecule has 0 saturated carbocycles. The number of aromatic nitrogens is 1. The first-order valence-electron chi connectivity index (χ1n) is 6.51. The van der Waals surface area contributed by atoms with Gasteiger partial charge in [0.05, 0.1) is 12.2 Å². The highest BCUT2D eigenvalue weighted by Gasteiger charge is 2.13. The second-order valence-electron chi connectivity index (χ2n) is 4.38. The van der Waals surface area contributed by atoms with Crippen molar-refractivity contribution in [2.24, 2.45) is 0 Å². The molecule has 0 N–H and O–H groups in total. The molecule has 0 bridgehead atoms. The molecule has 0 aliphatic carbocycles. The topological polar surface area (TPSA) is 56.3 Å². The molecule has 1 aromatic carbocycles. The maximum atomic E-state index is 12.2. The number of rotatable bonds is 5. The van der Waals surface area contributed by atoms with Crippen LogP contribution in [0.1, 0.15) is 33.3 Å². The standard InChI is InChI=1S/C16H14ClNO3/c1-2-21-16(20)12-6-7-18-14(10-12)15(19)9-11-4-3-5-13(17)8-11/h3-8,10H,2,9H2,1H3. The van der Waals surface area contributed by atoms with Crippen LogP contribution in [0.15, 0.2) is 42.6 Å². The lowest BCUT2D eigenvalue weighted by Gasteiger charge is -2.04. The molecule has 0 fully saturated rings.